The highest BCUT2D eigenvalue weighted by Gasteiger charge is 2.14. The molecule has 2 N–H and O–H groups in total. The minimum atomic E-state index is -2.91. The SMILES string of the molecule is CN=C(NCCCS(C)(=O)=O)NC(C)Cc1c(C)nn(C)c1C. The van der Waals surface area contributed by atoms with Crippen molar-refractivity contribution in [1.82, 2.24) is 20.4 Å². The number of nitrogens with zero attached hydrogens (tertiary/aromatic N) is 3. The second-order valence-corrected chi connectivity index (χ2v) is 8.26. The first kappa shape index (κ1) is 19.5. The van der Waals surface area contributed by atoms with Crippen LogP contribution < -0.4 is 10.6 Å². The zero-order chi connectivity index (χ0) is 17.6. The highest BCUT2D eigenvalue weighted by Crippen LogP contribution is 2.14. The van der Waals surface area contributed by atoms with E-state index in [1.807, 2.05) is 18.7 Å². The Kier molecular flexibility index (Phi) is 7.05. The van der Waals surface area contributed by atoms with Gasteiger partial charge in [0.05, 0.1) is 11.4 Å². The summed E-state index contributed by atoms with van der Waals surface area (Å²) in [6, 6.07) is 0.192. The maximum atomic E-state index is 11.1. The zero-order valence-electron chi connectivity index (χ0n) is 15.0. The Morgan fingerprint density at radius 2 is 2.04 bits per heavy atom. The number of aromatic nitrogens is 2. The molecule has 1 aromatic rings. The van der Waals surface area contributed by atoms with E-state index in [4.69, 9.17) is 0 Å². The smallest absolute Gasteiger partial charge is 0.191 e. The third-order valence-corrected chi connectivity index (χ3v) is 4.79. The van der Waals surface area contributed by atoms with Crippen molar-refractivity contribution in [2.75, 3.05) is 25.6 Å². The van der Waals surface area contributed by atoms with Crippen LogP contribution in [-0.2, 0) is 23.3 Å². The van der Waals surface area contributed by atoms with Gasteiger partial charge in [-0.3, -0.25) is 9.67 Å². The summed E-state index contributed by atoms with van der Waals surface area (Å²) in [6.45, 7) is 6.76. The summed E-state index contributed by atoms with van der Waals surface area (Å²) >= 11 is 0. The fourth-order valence-corrected chi connectivity index (χ4v) is 3.11. The fourth-order valence-electron chi connectivity index (χ4n) is 2.44. The molecule has 0 saturated carbocycles. The number of nitrogens with one attached hydrogen (secondary N) is 2. The molecule has 132 valence electrons. The van der Waals surface area contributed by atoms with Crippen LogP contribution in [0.1, 0.15) is 30.3 Å². The fraction of sp³-hybridized carbons (Fsp3) is 0.733. The van der Waals surface area contributed by atoms with E-state index < -0.39 is 9.84 Å². The Hall–Kier alpha value is -1.57. The highest BCUT2D eigenvalue weighted by molar-refractivity contribution is 7.90. The van der Waals surface area contributed by atoms with Gasteiger partial charge < -0.3 is 10.6 Å². The lowest BCUT2D eigenvalue weighted by Crippen LogP contribution is -2.43. The molecule has 0 spiro atoms. The average Bonchev–Trinajstić information content (AvgIpc) is 2.67. The first-order valence-corrected chi connectivity index (χ1v) is 9.84. The topological polar surface area (TPSA) is 88.4 Å². The van der Waals surface area contributed by atoms with Crippen LogP contribution in [0.2, 0.25) is 0 Å². The molecular formula is C15H29N5O2S. The molecule has 0 aliphatic carbocycles. The third kappa shape index (κ3) is 6.60. The predicted octanol–water partition coefficient (Wildman–Crippen LogP) is 0.568. The Morgan fingerprint density at radius 1 is 1.39 bits per heavy atom. The summed E-state index contributed by atoms with van der Waals surface area (Å²) in [5.74, 6) is 0.867. The molecule has 1 atom stereocenters. The van der Waals surface area contributed by atoms with Gasteiger partial charge in [-0.15, -0.1) is 0 Å². The van der Waals surface area contributed by atoms with Gasteiger partial charge in [0.15, 0.2) is 5.96 Å². The maximum Gasteiger partial charge on any atom is 0.191 e. The highest BCUT2D eigenvalue weighted by atomic mass is 32.2. The first-order valence-electron chi connectivity index (χ1n) is 7.78. The van der Waals surface area contributed by atoms with Gasteiger partial charge in [-0.25, -0.2) is 8.42 Å². The van der Waals surface area contributed by atoms with Crippen LogP contribution >= 0.6 is 0 Å². The quantitative estimate of drug-likeness (QED) is 0.429. The van der Waals surface area contributed by atoms with Gasteiger partial charge in [-0.05, 0) is 39.2 Å². The van der Waals surface area contributed by atoms with Gasteiger partial charge in [0.1, 0.15) is 9.84 Å². The molecule has 1 heterocycles. The minimum absolute atomic E-state index is 0.181. The van der Waals surface area contributed by atoms with Gasteiger partial charge in [0, 0.05) is 38.6 Å². The Morgan fingerprint density at radius 3 is 2.52 bits per heavy atom. The largest absolute Gasteiger partial charge is 0.356 e. The number of hydrogen-bond donors (Lipinski definition) is 2. The maximum absolute atomic E-state index is 11.1. The van der Waals surface area contributed by atoms with E-state index in [-0.39, 0.29) is 11.8 Å². The molecule has 0 radical (unpaired) electrons. The van der Waals surface area contributed by atoms with Crippen molar-refractivity contribution >= 4 is 15.8 Å². The van der Waals surface area contributed by atoms with E-state index in [0.717, 1.165) is 12.1 Å². The summed E-state index contributed by atoms with van der Waals surface area (Å²) in [4.78, 5) is 4.18. The van der Waals surface area contributed by atoms with E-state index in [9.17, 15) is 8.42 Å². The first-order chi connectivity index (χ1) is 10.6. The van der Waals surface area contributed by atoms with Crippen LogP contribution in [0.15, 0.2) is 4.99 Å². The number of guanidine groups is 1. The number of rotatable bonds is 7. The number of aliphatic imine (C=N–C) groups is 1. The molecule has 7 nitrogen and oxygen atoms in total. The second-order valence-electron chi connectivity index (χ2n) is 6.00. The lowest BCUT2D eigenvalue weighted by molar-refractivity contribution is 0.597. The van der Waals surface area contributed by atoms with Gasteiger partial charge in [0.2, 0.25) is 0 Å². The Bertz CT molecular complexity index is 649. The molecule has 0 bridgehead atoms. The van der Waals surface area contributed by atoms with Crippen molar-refractivity contribution in [1.29, 1.82) is 0 Å². The zero-order valence-corrected chi connectivity index (χ0v) is 15.8. The number of aryl methyl sites for hydroxylation is 2. The van der Waals surface area contributed by atoms with Crippen LogP contribution in [0.25, 0.3) is 0 Å². The molecule has 0 fully saturated rings. The minimum Gasteiger partial charge on any atom is -0.356 e. The van der Waals surface area contributed by atoms with E-state index >= 15 is 0 Å². The summed E-state index contributed by atoms with van der Waals surface area (Å²) in [6.07, 6.45) is 2.67. The molecule has 0 aliphatic heterocycles. The molecule has 1 aromatic heterocycles. The normalized spacial score (nSPS) is 13.9. The predicted molar refractivity (Wildman–Crippen MR) is 94.7 cm³/mol. The second kappa shape index (κ2) is 8.33. The molecule has 23 heavy (non-hydrogen) atoms. The average molecular weight is 343 g/mol. The van der Waals surface area contributed by atoms with Crippen molar-refractivity contribution in [2.24, 2.45) is 12.0 Å². The standard InChI is InChI=1S/C15H29N5O2S/c1-11(10-14-12(2)19-20(5)13(14)3)18-15(16-4)17-8-7-9-23(6,21)22/h11H,7-10H2,1-6H3,(H2,16,17,18). The Labute approximate surface area is 139 Å². The van der Waals surface area contributed by atoms with Crippen LogP contribution in [0.4, 0.5) is 0 Å². The third-order valence-electron chi connectivity index (χ3n) is 3.76. The number of hydrogen-bond acceptors (Lipinski definition) is 4. The van der Waals surface area contributed by atoms with Crippen molar-refractivity contribution in [3.63, 3.8) is 0 Å². The summed E-state index contributed by atoms with van der Waals surface area (Å²) < 4.78 is 24.1. The lowest BCUT2D eigenvalue weighted by Gasteiger charge is -2.18. The molecule has 0 aromatic carbocycles. The van der Waals surface area contributed by atoms with Crippen LogP contribution in [0, 0.1) is 13.8 Å². The molecule has 8 heteroatoms. The summed E-state index contributed by atoms with van der Waals surface area (Å²) in [7, 11) is 0.749. The molecule has 1 unspecified atom stereocenters. The van der Waals surface area contributed by atoms with Crippen molar-refractivity contribution < 1.29 is 8.42 Å². The van der Waals surface area contributed by atoms with E-state index in [0.29, 0.717) is 18.9 Å². The summed E-state index contributed by atoms with van der Waals surface area (Å²) in [5, 5.41) is 10.9. The van der Waals surface area contributed by atoms with Crippen LogP contribution in [0.3, 0.4) is 0 Å². The molecule has 0 aliphatic rings. The van der Waals surface area contributed by atoms with E-state index in [2.05, 4.69) is 34.6 Å². The lowest BCUT2D eigenvalue weighted by atomic mass is 10.1. The van der Waals surface area contributed by atoms with Gasteiger partial charge in [-0.2, -0.15) is 5.10 Å². The van der Waals surface area contributed by atoms with Crippen molar-refractivity contribution in [2.45, 2.75) is 39.7 Å². The number of sulfone groups is 1. The van der Waals surface area contributed by atoms with Crippen molar-refractivity contribution in [3.05, 3.63) is 17.0 Å². The summed E-state index contributed by atoms with van der Waals surface area (Å²) in [5.41, 5.74) is 3.47. The van der Waals surface area contributed by atoms with E-state index in [1.165, 1.54) is 17.5 Å². The van der Waals surface area contributed by atoms with Gasteiger partial charge in [-0.1, -0.05) is 0 Å². The van der Waals surface area contributed by atoms with Gasteiger partial charge >= 0.3 is 0 Å². The molecule has 1 rings (SSSR count). The van der Waals surface area contributed by atoms with Crippen LogP contribution in [0.5, 0.6) is 0 Å². The monoisotopic (exact) mass is 343 g/mol. The Balaban J connectivity index is 2.49. The van der Waals surface area contributed by atoms with Gasteiger partial charge in [0.25, 0.3) is 0 Å². The van der Waals surface area contributed by atoms with Crippen LogP contribution in [-0.4, -0.2) is 55.8 Å². The van der Waals surface area contributed by atoms with E-state index in [1.54, 1.807) is 7.05 Å². The molecule has 0 amide bonds. The molecular weight excluding hydrogens is 314 g/mol. The molecule has 0 saturated heterocycles. The van der Waals surface area contributed by atoms with Crippen molar-refractivity contribution in [3.8, 4) is 0 Å².